The SMILES string of the molecule is CCC1CCN(C(=O)c2ccn(C)n2)C(CN)C1. The van der Waals surface area contributed by atoms with Crippen molar-refractivity contribution in [3.05, 3.63) is 18.0 Å². The second-order valence-corrected chi connectivity index (χ2v) is 5.06. The third-order valence-electron chi connectivity index (χ3n) is 3.87. The fourth-order valence-corrected chi connectivity index (χ4v) is 2.67. The van der Waals surface area contributed by atoms with Crippen molar-refractivity contribution in [2.24, 2.45) is 18.7 Å². The van der Waals surface area contributed by atoms with Gasteiger partial charge >= 0.3 is 0 Å². The molecule has 1 aromatic heterocycles. The van der Waals surface area contributed by atoms with Gasteiger partial charge in [0, 0.05) is 32.4 Å². The van der Waals surface area contributed by atoms with E-state index in [9.17, 15) is 4.79 Å². The zero-order valence-electron chi connectivity index (χ0n) is 11.2. The van der Waals surface area contributed by atoms with Gasteiger partial charge in [0.2, 0.25) is 0 Å². The molecule has 1 amide bonds. The molecule has 2 N–H and O–H groups in total. The van der Waals surface area contributed by atoms with E-state index in [-0.39, 0.29) is 11.9 Å². The van der Waals surface area contributed by atoms with E-state index >= 15 is 0 Å². The van der Waals surface area contributed by atoms with Crippen LogP contribution in [0.4, 0.5) is 0 Å². The summed E-state index contributed by atoms with van der Waals surface area (Å²) >= 11 is 0. The Balaban J connectivity index is 2.10. The summed E-state index contributed by atoms with van der Waals surface area (Å²) in [6, 6.07) is 1.93. The molecule has 1 aromatic rings. The summed E-state index contributed by atoms with van der Waals surface area (Å²) in [5, 5.41) is 4.18. The van der Waals surface area contributed by atoms with E-state index in [4.69, 9.17) is 5.73 Å². The molecule has 0 bridgehead atoms. The third-order valence-corrected chi connectivity index (χ3v) is 3.87. The van der Waals surface area contributed by atoms with Crippen LogP contribution in [0.2, 0.25) is 0 Å². The second-order valence-electron chi connectivity index (χ2n) is 5.06. The minimum absolute atomic E-state index is 0.0144. The largest absolute Gasteiger partial charge is 0.333 e. The first kappa shape index (κ1) is 13.1. The molecule has 0 spiro atoms. The molecule has 1 aliphatic heterocycles. The van der Waals surface area contributed by atoms with Crippen molar-refractivity contribution in [2.45, 2.75) is 32.2 Å². The van der Waals surface area contributed by atoms with Gasteiger partial charge in [-0.3, -0.25) is 9.48 Å². The Labute approximate surface area is 108 Å². The summed E-state index contributed by atoms with van der Waals surface area (Å²) in [5.74, 6) is 0.715. The lowest BCUT2D eigenvalue weighted by molar-refractivity contribution is 0.0552. The summed E-state index contributed by atoms with van der Waals surface area (Å²) in [6.45, 7) is 3.54. The van der Waals surface area contributed by atoms with Crippen molar-refractivity contribution in [2.75, 3.05) is 13.1 Å². The maximum atomic E-state index is 12.4. The number of likely N-dealkylation sites (tertiary alicyclic amines) is 1. The van der Waals surface area contributed by atoms with E-state index in [0.29, 0.717) is 18.2 Å². The van der Waals surface area contributed by atoms with Crippen molar-refractivity contribution in [1.29, 1.82) is 0 Å². The standard InChI is InChI=1S/C13H22N4O/c1-3-10-4-7-17(11(8-10)9-14)13(18)12-5-6-16(2)15-12/h5-6,10-11H,3-4,7-9,14H2,1-2H3. The van der Waals surface area contributed by atoms with Crippen molar-refractivity contribution in [1.82, 2.24) is 14.7 Å². The van der Waals surface area contributed by atoms with Crippen LogP contribution in [-0.2, 0) is 7.05 Å². The van der Waals surface area contributed by atoms with E-state index in [1.165, 1.54) is 6.42 Å². The average Bonchev–Trinajstić information content (AvgIpc) is 2.83. The number of nitrogens with zero attached hydrogens (tertiary/aromatic N) is 3. The highest BCUT2D eigenvalue weighted by Gasteiger charge is 2.31. The first-order valence-electron chi connectivity index (χ1n) is 6.66. The summed E-state index contributed by atoms with van der Waals surface area (Å²) in [7, 11) is 1.82. The van der Waals surface area contributed by atoms with E-state index in [1.54, 1.807) is 16.9 Å². The number of aryl methyl sites for hydroxylation is 1. The first-order chi connectivity index (χ1) is 8.65. The van der Waals surface area contributed by atoms with E-state index < -0.39 is 0 Å². The van der Waals surface area contributed by atoms with Crippen LogP contribution in [0.15, 0.2) is 12.3 Å². The van der Waals surface area contributed by atoms with Crippen LogP contribution in [0.1, 0.15) is 36.7 Å². The fourth-order valence-electron chi connectivity index (χ4n) is 2.67. The van der Waals surface area contributed by atoms with Gasteiger partial charge in [-0.05, 0) is 24.8 Å². The maximum Gasteiger partial charge on any atom is 0.274 e. The summed E-state index contributed by atoms with van der Waals surface area (Å²) in [5.41, 5.74) is 6.33. The number of carbonyl (C=O) groups excluding carboxylic acids is 1. The normalized spacial score (nSPS) is 24.3. The van der Waals surface area contributed by atoms with Gasteiger partial charge < -0.3 is 10.6 Å². The number of hydrogen-bond acceptors (Lipinski definition) is 3. The zero-order chi connectivity index (χ0) is 13.1. The molecule has 5 heteroatoms. The fraction of sp³-hybridized carbons (Fsp3) is 0.692. The van der Waals surface area contributed by atoms with Crippen LogP contribution in [0.5, 0.6) is 0 Å². The second kappa shape index (κ2) is 5.52. The molecule has 0 aromatic carbocycles. The van der Waals surface area contributed by atoms with E-state index in [2.05, 4.69) is 12.0 Å². The van der Waals surface area contributed by atoms with Crippen LogP contribution >= 0.6 is 0 Å². The molecule has 2 atom stereocenters. The van der Waals surface area contributed by atoms with E-state index in [0.717, 1.165) is 19.4 Å². The monoisotopic (exact) mass is 250 g/mol. The predicted octanol–water partition coefficient (Wildman–Crippen LogP) is 1.01. The van der Waals surface area contributed by atoms with Crippen LogP contribution in [0.3, 0.4) is 0 Å². The summed E-state index contributed by atoms with van der Waals surface area (Å²) in [4.78, 5) is 14.3. The number of amides is 1. The van der Waals surface area contributed by atoms with Crippen molar-refractivity contribution in [3.8, 4) is 0 Å². The number of hydrogen-bond donors (Lipinski definition) is 1. The molecule has 5 nitrogen and oxygen atoms in total. The quantitative estimate of drug-likeness (QED) is 0.870. The number of rotatable bonds is 3. The minimum Gasteiger partial charge on any atom is -0.333 e. The Morgan fingerprint density at radius 2 is 2.39 bits per heavy atom. The van der Waals surface area contributed by atoms with Gasteiger partial charge in [0.05, 0.1) is 0 Å². The minimum atomic E-state index is 0.0144. The zero-order valence-corrected chi connectivity index (χ0v) is 11.2. The van der Waals surface area contributed by atoms with Gasteiger partial charge in [0.15, 0.2) is 0 Å². The van der Waals surface area contributed by atoms with Gasteiger partial charge in [-0.25, -0.2) is 0 Å². The van der Waals surface area contributed by atoms with Gasteiger partial charge in [0.25, 0.3) is 5.91 Å². The number of aromatic nitrogens is 2. The molecule has 18 heavy (non-hydrogen) atoms. The van der Waals surface area contributed by atoms with Gasteiger partial charge in [0.1, 0.15) is 5.69 Å². The lowest BCUT2D eigenvalue weighted by Crippen LogP contribution is -2.49. The molecule has 0 radical (unpaired) electrons. The molecule has 1 aliphatic rings. The highest BCUT2D eigenvalue weighted by atomic mass is 16.2. The van der Waals surface area contributed by atoms with Gasteiger partial charge in [-0.2, -0.15) is 5.10 Å². The van der Waals surface area contributed by atoms with Gasteiger partial charge in [-0.15, -0.1) is 0 Å². The Morgan fingerprint density at radius 3 is 2.94 bits per heavy atom. The van der Waals surface area contributed by atoms with Crippen LogP contribution in [0, 0.1) is 5.92 Å². The maximum absolute atomic E-state index is 12.4. The molecular weight excluding hydrogens is 228 g/mol. The molecular formula is C13H22N4O. The molecule has 1 saturated heterocycles. The van der Waals surface area contributed by atoms with Crippen molar-refractivity contribution in [3.63, 3.8) is 0 Å². The highest BCUT2D eigenvalue weighted by molar-refractivity contribution is 5.92. The Hall–Kier alpha value is -1.36. The summed E-state index contributed by atoms with van der Waals surface area (Å²) in [6.07, 6.45) is 5.06. The van der Waals surface area contributed by atoms with Crippen LogP contribution < -0.4 is 5.73 Å². The lowest BCUT2D eigenvalue weighted by Gasteiger charge is -2.38. The topological polar surface area (TPSA) is 64.2 Å². The molecule has 100 valence electrons. The Morgan fingerprint density at radius 1 is 1.61 bits per heavy atom. The molecule has 2 rings (SSSR count). The van der Waals surface area contributed by atoms with E-state index in [1.807, 2.05) is 11.9 Å². The number of piperidine rings is 1. The van der Waals surface area contributed by atoms with Crippen LogP contribution in [0.25, 0.3) is 0 Å². The number of nitrogens with two attached hydrogens (primary N) is 1. The predicted molar refractivity (Wildman–Crippen MR) is 70.1 cm³/mol. The highest BCUT2D eigenvalue weighted by Crippen LogP contribution is 2.25. The lowest BCUT2D eigenvalue weighted by atomic mass is 9.88. The first-order valence-corrected chi connectivity index (χ1v) is 6.66. The molecule has 1 fully saturated rings. The average molecular weight is 250 g/mol. The van der Waals surface area contributed by atoms with Crippen LogP contribution in [-0.4, -0.2) is 39.7 Å². The summed E-state index contributed by atoms with van der Waals surface area (Å²) < 4.78 is 1.66. The molecule has 0 saturated carbocycles. The smallest absolute Gasteiger partial charge is 0.274 e. The van der Waals surface area contributed by atoms with Crippen molar-refractivity contribution >= 4 is 5.91 Å². The van der Waals surface area contributed by atoms with Crippen molar-refractivity contribution < 1.29 is 4.79 Å². The van der Waals surface area contributed by atoms with Gasteiger partial charge in [-0.1, -0.05) is 13.3 Å². The molecule has 2 heterocycles. The Kier molecular flexibility index (Phi) is 4.01. The molecule has 2 unspecified atom stereocenters. The Bertz CT molecular complexity index is 415. The third kappa shape index (κ3) is 2.56. The molecule has 0 aliphatic carbocycles. The number of carbonyl (C=O) groups is 1.